The molecule has 3 atom stereocenters. The maximum atomic E-state index is 10.5. The van der Waals surface area contributed by atoms with Crippen molar-refractivity contribution < 1.29 is 9.90 Å². The summed E-state index contributed by atoms with van der Waals surface area (Å²) in [4.78, 5) is 12.8. The van der Waals surface area contributed by atoms with Crippen molar-refractivity contribution in [3.63, 3.8) is 0 Å². The second-order valence-electron chi connectivity index (χ2n) is 4.46. The number of nitrogens with one attached hydrogen (secondary N) is 1. The highest BCUT2D eigenvalue weighted by Gasteiger charge is 2.41. The lowest BCUT2D eigenvalue weighted by atomic mass is 9.95. The molecule has 2 saturated heterocycles. The lowest BCUT2D eigenvalue weighted by Crippen LogP contribution is -2.34. The van der Waals surface area contributed by atoms with Crippen LogP contribution in [0, 0.1) is 11.8 Å². The number of hydrogen-bond donors (Lipinski definition) is 2. The SMILES string of the molecule is CC1C2CNCC2CN1CCC(=O)O. The number of nitrogens with zero attached hydrogens (tertiary/aromatic N) is 1. The Labute approximate surface area is 84.3 Å². The van der Waals surface area contributed by atoms with Crippen molar-refractivity contribution in [3.05, 3.63) is 0 Å². The van der Waals surface area contributed by atoms with E-state index in [9.17, 15) is 4.79 Å². The van der Waals surface area contributed by atoms with Gasteiger partial charge in [-0.1, -0.05) is 0 Å². The van der Waals surface area contributed by atoms with Gasteiger partial charge in [0.2, 0.25) is 0 Å². The zero-order valence-corrected chi connectivity index (χ0v) is 8.57. The maximum Gasteiger partial charge on any atom is 0.304 e. The molecule has 0 bridgehead atoms. The van der Waals surface area contributed by atoms with Crippen LogP contribution < -0.4 is 5.32 Å². The Hall–Kier alpha value is -0.610. The number of aliphatic carboxylic acids is 1. The second-order valence-corrected chi connectivity index (χ2v) is 4.46. The molecule has 2 aliphatic heterocycles. The van der Waals surface area contributed by atoms with Crippen LogP contribution in [0.2, 0.25) is 0 Å². The first kappa shape index (κ1) is 9.93. The van der Waals surface area contributed by atoms with Crippen LogP contribution in [0.3, 0.4) is 0 Å². The molecule has 0 amide bonds. The number of carbonyl (C=O) groups is 1. The smallest absolute Gasteiger partial charge is 0.304 e. The number of likely N-dealkylation sites (tertiary alicyclic amines) is 1. The average molecular weight is 198 g/mol. The fourth-order valence-electron chi connectivity index (χ4n) is 2.79. The Morgan fingerprint density at radius 2 is 2.36 bits per heavy atom. The second kappa shape index (κ2) is 3.87. The van der Waals surface area contributed by atoms with Gasteiger partial charge >= 0.3 is 5.97 Å². The van der Waals surface area contributed by atoms with E-state index in [2.05, 4.69) is 17.1 Å². The largest absolute Gasteiger partial charge is 0.481 e. The Morgan fingerprint density at radius 1 is 1.57 bits per heavy atom. The van der Waals surface area contributed by atoms with Crippen molar-refractivity contribution in [1.29, 1.82) is 0 Å². The van der Waals surface area contributed by atoms with Crippen molar-refractivity contribution >= 4 is 5.97 Å². The molecule has 2 aliphatic rings. The van der Waals surface area contributed by atoms with Crippen LogP contribution in [0.5, 0.6) is 0 Å². The summed E-state index contributed by atoms with van der Waals surface area (Å²) in [5, 5.41) is 12.0. The monoisotopic (exact) mass is 198 g/mol. The molecule has 0 aromatic carbocycles. The summed E-state index contributed by atoms with van der Waals surface area (Å²) in [6.07, 6.45) is 0.275. The van der Waals surface area contributed by atoms with Crippen LogP contribution in [0.4, 0.5) is 0 Å². The molecule has 4 nitrogen and oxygen atoms in total. The third-order valence-electron chi connectivity index (χ3n) is 3.67. The topological polar surface area (TPSA) is 52.6 Å². The van der Waals surface area contributed by atoms with Crippen LogP contribution in [0.1, 0.15) is 13.3 Å². The highest BCUT2D eigenvalue weighted by molar-refractivity contribution is 5.66. The zero-order chi connectivity index (χ0) is 10.1. The van der Waals surface area contributed by atoms with E-state index in [4.69, 9.17) is 5.11 Å². The highest BCUT2D eigenvalue weighted by atomic mass is 16.4. The number of hydrogen-bond acceptors (Lipinski definition) is 3. The van der Waals surface area contributed by atoms with E-state index in [-0.39, 0.29) is 6.42 Å². The Morgan fingerprint density at radius 3 is 3.00 bits per heavy atom. The minimum atomic E-state index is -0.688. The van der Waals surface area contributed by atoms with Gasteiger partial charge in [0.05, 0.1) is 6.42 Å². The molecule has 80 valence electrons. The molecule has 2 heterocycles. The average Bonchev–Trinajstić information content (AvgIpc) is 2.66. The third kappa shape index (κ3) is 1.77. The molecule has 0 spiro atoms. The van der Waals surface area contributed by atoms with Crippen molar-refractivity contribution in [1.82, 2.24) is 10.2 Å². The van der Waals surface area contributed by atoms with Crippen LogP contribution in [-0.2, 0) is 4.79 Å². The molecule has 4 heteroatoms. The lowest BCUT2D eigenvalue weighted by Gasteiger charge is -2.23. The van der Waals surface area contributed by atoms with Crippen molar-refractivity contribution in [3.8, 4) is 0 Å². The summed E-state index contributed by atoms with van der Waals surface area (Å²) in [6, 6.07) is 0.550. The molecule has 2 fully saturated rings. The molecule has 2 rings (SSSR count). The first-order chi connectivity index (χ1) is 6.68. The Bertz CT molecular complexity index is 232. The van der Waals surface area contributed by atoms with Gasteiger partial charge in [-0.2, -0.15) is 0 Å². The molecule has 0 aromatic heterocycles. The summed E-state index contributed by atoms with van der Waals surface area (Å²) in [5.74, 6) is 0.801. The quantitative estimate of drug-likeness (QED) is 0.670. The highest BCUT2D eigenvalue weighted by Crippen LogP contribution is 2.31. The van der Waals surface area contributed by atoms with Gasteiger partial charge in [0, 0.05) is 19.1 Å². The van der Waals surface area contributed by atoms with Crippen molar-refractivity contribution in [2.75, 3.05) is 26.2 Å². The van der Waals surface area contributed by atoms with Gasteiger partial charge in [0.1, 0.15) is 0 Å². The Balaban J connectivity index is 1.87. The molecular formula is C10H18N2O2. The van der Waals surface area contributed by atoms with Gasteiger partial charge < -0.3 is 10.4 Å². The Kier molecular flexibility index (Phi) is 2.74. The van der Waals surface area contributed by atoms with Crippen LogP contribution in [0.15, 0.2) is 0 Å². The van der Waals surface area contributed by atoms with E-state index < -0.39 is 5.97 Å². The molecule has 0 radical (unpaired) electrons. The first-order valence-corrected chi connectivity index (χ1v) is 5.35. The van der Waals surface area contributed by atoms with Gasteiger partial charge in [-0.05, 0) is 31.8 Å². The van der Waals surface area contributed by atoms with Gasteiger partial charge in [0.25, 0.3) is 0 Å². The number of fused-ring (bicyclic) bond motifs is 1. The predicted octanol–water partition coefficient (Wildman–Crippen LogP) is 0.000800. The van der Waals surface area contributed by atoms with Gasteiger partial charge in [-0.15, -0.1) is 0 Å². The lowest BCUT2D eigenvalue weighted by molar-refractivity contribution is -0.137. The normalized spacial score (nSPS) is 37.4. The molecular weight excluding hydrogens is 180 g/mol. The maximum absolute atomic E-state index is 10.5. The van der Waals surface area contributed by atoms with Crippen LogP contribution in [-0.4, -0.2) is 48.2 Å². The summed E-state index contributed by atoms with van der Waals surface area (Å²) >= 11 is 0. The standard InChI is InChI=1S/C10H18N2O2/c1-7-9-5-11-4-8(9)6-12(7)3-2-10(13)14/h7-9,11H,2-6H2,1H3,(H,13,14). The molecule has 0 aliphatic carbocycles. The predicted molar refractivity (Wildman–Crippen MR) is 53.1 cm³/mol. The minimum Gasteiger partial charge on any atom is -0.481 e. The number of carboxylic acid groups (broad SMARTS) is 1. The van der Waals surface area contributed by atoms with Crippen molar-refractivity contribution in [2.45, 2.75) is 19.4 Å². The molecule has 0 saturated carbocycles. The van der Waals surface area contributed by atoms with E-state index in [0.29, 0.717) is 12.6 Å². The van der Waals surface area contributed by atoms with E-state index in [0.717, 1.165) is 31.5 Å². The molecule has 2 N–H and O–H groups in total. The van der Waals surface area contributed by atoms with E-state index >= 15 is 0 Å². The summed E-state index contributed by atoms with van der Waals surface area (Å²) < 4.78 is 0. The van der Waals surface area contributed by atoms with Gasteiger partial charge in [-0.25, -0.2) is 0 Å². The first-order valence-electron chi connectivity index (χ1n) is 5.35. The van der Waals surface area contributed by atoms with Crippen LogP contribution >= 0.6 is 0 Å². The van der Waals surface area contributed by atoms with Crippen molar-refractivity contribution in [2.24, 2.45) is 11.8 Å². The van der Waals surface area contributed by atoms with Gasteiger partial charge in [-0.3, -0.25) is 9.69 Å². The summed E-state index contributed by atoms with van der Waals surface area (Å²) in [7, 11) is 0. The fourth-order valence-corrected chi connectivity index (χ4v) is 2.79. The third-order valence-corrected chi connectivity index (χ3v) is 3.67. The molecule has 3 unspecified atom stereocenters. The number of rotatable bonds is 3. The molecule has 0 aromatic rings. The van der Waals surface area contributed by atoms with E-state index in [1.807, 2.05) is 0 Å². The van der Waals surface area contributed by atoms with Crippen LogP contribution in [0.25, 0.3) is 0 Å². The zero-order valence-electron chi connectivity index (χ0n) is 8.57. The summed E-state index contributed by atoms with van der Waals surface area (Å²) in [5.41, 5.74) is 0. The molecule has 14 heavy (non-hydrogen) atoms. The van der Waals surface area contributed by atoms with E-state index in [1.165, 1.54) is 0 Å². The van der Waals surface area contributed by atoms with Gasteiger partial charge in [0.15, 0.2) is 0 Å². The fraction of sp³-hybridized carbons (Fsp3) is 0.900. The minimum absolute atomic E-state index is 0.275. The van der Waals surface area contributed by atoms with E-state index in [1.54, 1.807) is 0 Å². The summed E-state index contributed by atoms with van der Waals surface area (Å²) in [6.45, 7) is 6.23. The number of carboxylic acids is 1.